The molecule has 0 spiro atoms. The lowest BCUT2D eigenvalue weighted by molar-refractivity contribution is -0.177. The highest BCUT2D eigenvalue weighted by Gasteiger charge is 2.74. The zero-order chi connectivity index (χ0) is 34.8. The van der Waals surface area contributed by atoms with Gasteiger partial charge < -0.3 is 14.9 Å². The Labute approximate surface area is 276 Å². The first-order valence-corrected chi connectivity index (χ1v) is 16.5. The highest BCUT2D eigenvalue weighted by Crippen LogP contribution is 2.66. The van der Waals surface area contributed by atoms with Gasteiger partial charge in [-0.05, 0) is 122 Å². The number of phenolic OH excluding ortho intramolecular Hbond substituents is 1. The number of aromatic hydroxyl groups is 1. The van der Waals surface area contributed by atoms with E-state index in [1.807, 2.05) is 61.5 Å². The van der Waals surface area contributed by atoms with Gasteiger partial charge in [0.05, 0.1) is 12.0 Å². The fraction of sp³-hybridized carbons (Fsp3) is 0.525. The number of fused-ring (bicyclic) bond motifs is 2. The van der Waals surface area contributed by atoms with Crippen molar-refractivity contribution >= 4 is 23.1 Å². The molecule has 0 radical (unpaired) electrons. The molecule has 6 nitrogen and oxygen atoms in total. The minimum absolute atomic E-state index is 0.107. The molecule has 2 N–H and O–H groups in total. The number of rotatable bonds is 13. The van der Waals surface area contributed by atoms with Crippen LogP contribution in [0, 0.1) is 28.1 Å². The van der Waals surface area contributed by atoms with E-state index >= 15 is 9.59 Å². The summed E-state index contributed by atoms with van der Waals surface area (Å²) >= 11 is 0. The standard InChI is InChI=1S/C40H54O6/c1-12-46-32-18-16-28(21-31(32)41)34(42)33-35(43)39(22-29(27(8)9)15-13-24(2)3)23-30(17-14-25(4)5)38(10,11)40(36(33)44,37(39)45)20-19-26(6)7/h14,16,18-19,21,29-30,41-42H,2,8,12-13,15,17,20,22-23H2,1,3-7,9-11H3/b34-33+/t29-,30+,39+,40-/m0/s1. The molecule has 0 aliphatic heterocycles. The van der Waals surface area contributed by atoms with Crippen molar-refractivity contribution in [2.75, 3.05) is 6.61 Å². The largest absolute Gasteiger partial charge is 0.506 e. The Morgan fingerprint density at radius 1 is 1.02 bits per heavy atom. The summed E-state index contributed by atoms with van der Waals surface area (Å²) in [5.41, 5.74) is -0.320. The van der Waals surface area contributed by atoms with Crippen LogP contribution in [-0.4, -0.2) is 34.2 Å². The number of hydrogen-bond donors (Lipinski definition) is 2. The number of Topliss-reactive ketones (excluding diaryl/α,β-unsaturated/α-hetero) is 3. The predicted molar refractivity (Wildman–Crippen MR) is 186 cm³/mol. The van der Waals surface area contributed by atoms with Gasteiger partial charge in [-0.1, -0.05) is 54.9 Å². The maximum Gasteiger partial charge on any atom is 0.184 e. The molecule has 3 rings (SSSR count). The van der Waals surface area contributed by atoms with Gasteiger partial charge in [-0.25, -0.2) is 0 Å². The number of benzene rings is 1. The summed E-state index contributed by atoms with van der Waals surface area (Å²) in [6, 6.07) is 4.31. The maximum absolute atomic E-state index is 15.3. The zero-order valence-electron chi connectivity index (χ0n) is 29.4. The van der Waals surface area contributed by atoms with Crippen molar-refractivity contribution in [2.45, 2.75) is 101 Å². The van der Waals surface area contributed by atoms with Crippen LogP contribution < -0.4 is 4.74 Å². The van der Waals surface area contributed by atoms with Crippen molar-refractivity contribution in [1.82, 2.24) is 0 Å². The van der Waals surface area contributed by atoms with Crippen LogP contribution in [0.1, 0.15) is 106 Å². The number of aliphatic hydroxyl groups is 1. The Morgan fingerprint density at radius 2 is 1.65 bits per heavy atom. The average molecular weight is 631 g/mol. The van der Waals surface area contributed by atoms with Gasteiger partial charge in [0, 0.05) is 5.56 Å². The first kappa shape index (κ1) is 36.8. The van der Waals surface area contributed by atoms with Gasteiger partial charge in [0.2, 0.25) is 0 Å². The molecular weight excluding hydrogens is 576 g/mol. The Balaban J connectivity index is 2.44. The summed E-state index contributed by atoms with van der Waals surface area (Å²) in [7, 11) is 0. The second kappa shape index (κ2) is 14.0. The fourth-order valence-corrected chi connectivity index (χ4v) is 7.46. The van der Waals surface area contributed by atoms with Crippen molar-refractivity contribution in [3.8, 4) is 11.5 Å². The summed E-state index contributed by atoms with van der Waals surface area (Å²) in [5.74, 6) is -2.51. The van der Waals surface area contributed by atoms with E-state index in [1.54, 1.807) is 6.92 Å². The number of carbonyl (C=O) groups excluding carboxylic acids is 3. The molecular formula is C40H54O6. The van der Waals surface area contributed by atoms with Crippen molar-refractivity contribution in [3.63, 3.8) is 0 Å². The van der Waals surface area contributed by atoms with Crippen LogP contribution in [0.15, 0.2) is 71.4 Å². The fourth-order valence-electron chi connectivity index (χ4n) is 7.46. The molecule has 0 saturated heterocycles. The molecule has 2 bridgehead atoms. The third-order valence-electron chi connectivity index (χ3n) is 10.4. The summed E-state index contributed by atoms with van der Waals surface area (Å²) in [4.78, 5) is 45.3. The van der Waals surface area contributed by atoms with E-state index < -0.39 is 33.6 Å². The lowest BCUT2D eigenvalue weighted by Gasteiger charge is -2.60. The highest BCUT2D eigenvalue weighted by atomic mass is 16.5. The summed E-state index contributed by atoms with van der Waals surface area (Å²) in [6.45, 7) is 26.1. The van der Waals surface area contributed by atoms with E-state index in [1.165, 1.54) is 18.2 Å². The average Bonchev–Trinajstić information content (AvgIpc) is 2.95. The molecule has 2 fully saturated rings. The SMILES string of the molecule is C=C(C)CC[C@@H](C[C@@]12C[C@@H](CC=C(C)C)C(C)(C)[C@@](CC=C(C)C)(C(=O)/C(=C(/O)c3ccc(OCC)c(O)c3)C1=O)C2=O)C(=C)C. The lowest BCUT2D eigenvalue weighted by Crippen LogP contribution is -2.69. The normalized spacial score (nSPS) is 25.4. The van der Waals surface area contributed by atoms with Crippen LogP contribution in [0.5, 0.6) is 11.5 Å². The van der Waals surface area contributed by atoms with E-state index in [-0.39, 0.29) is 59.5 Å². The van der Waals surface area contributed by atoms with Gasteiger partial charge in [-0.15, -0.1) is 6.58 Å². The van der Waals surface area contributed by atoms with Crippen molar-refractivity contribution < 1.29 is 29.3 Å². The van der Waals surface area contributed by atoms with Crippen LogP contribution in [0.2, 0.25) is 0 Å². The van der Waals surface area contributed by atoms with Crippen LogP contribution in [0.25, 0.3) is 5.76 Å². The number of aliphatic hydroxyl groups excluding tert-OH is 1. The van der Waals surface area contributed by atoms with Gasteiger partial charge in [0.1, 0.15) is 16.7 Å². The molecule has 1 aromatic carbocycles. The topological polar surface area (TPSA) is 101 Å². The molecule has 2 aliphatic carbocycles. The molecule has 2 aliphatic rings. The Bertz CT molecular complexity index is 1510. The molecule has 0 amide bonds. The van der Waals surface area contributed by atoms with Crippen molar-refractivity contribution in [3.05, 3.63) is 76.9 Å². The van der Waals surface area contributed by atoms with Gasteiger partial charge in [0.15, 0.2) is 28.8 Å². The summed E-state index contributed by atoms with van der Waals surface area (Å²) in [5, 5.41) is 22.5. The number of ketones is 3. The molecule has 1 aromatic rings. The molecule has 0 unspecified atom stereocenters. The lowest BCUT2D eigenvalue weighted by atomic mass is 9.38. The second-order valence-corrected chi connectivity index (χ2v) is 14.7. The number of hydrogen-bond acceptors (Lipinski definition) is 6. The summed E-state index contributed by atoms with van der Waals surface area (Å²) < 4.78 is 5.45. The number of carbonyl (C=O) groups is 3. The molecule has 0 heterocycles. The number of phenols is 1. The quantitative estimate of drug-likeness (QED) is 0.0740. The molecule has 4 atom stereocenters. The van der Waals surface area contributed by atoms with Crippen molar-refractivity contribution in [1.29, 1.82) is 0 Å². The van der Waals surface area contributed by atoms with Crippen LogP contribution in [0.3, 0.4) is 0 Å². The van der Waals surface area contributed by atoms with E-state index in [9.17, 15) is 15.0 Å². The molecule has 2 saturated carbocycles. The van der Waals surface area contributed by atoms with Crippen LogP contribution >= 0.6 is 0 Å². The molecule has 0 aromatic heterocycles. The van der Waals surface area contributed by atoms with Gasteiger partial charge in [0.25, 0.3) is 0 Å². The monoisotopic (exact) mass is 630 g/mol. The van der Waals surface area contributed by atoms with Gasteiger partial charge in [-0.2, -0.15) is 0 Å². The zero-order valence-corrected chi connectivity index (χ0v) is 29.4. The van der Waals surface area contributed by atoms with E-state index in [2.05, 4.69) is 19.2 Å². The third kappa shape index (κ3) is 6.59. The van der Waals surface area contributed by atoms with E-state index in [0.29, 0.717) is 25.9 Å². The number of allylic oxidation sites excluding steroid dienone is 7. The Hall–Kier alpha value is -3.67. The number of ether oxygens (including phenoxy) is 1. The van der Waals surface area contributed by atoms with Gasteiger partial charge in [-0.3, -0.25) is 14.4 Å². The maximum atomic E-state index is 15.3. The van der Waals surface area contributed by atoms with Crippen LogP contribution in [0.4, 0.5) is 0 Å². The molecule has 250 valence electrons. The molecule has 6 heteroatoms. The Morgan fingerprint density at radius 3 is 2.17 bits per heavy atom. The first-order chi connectivity index (χ1) is 21.4. The van der Waals surface area contributed by atoms with Gasteiger partial charge >= 0.3 is 0 Å². The highest BCUT2D eigenvalue weighted by molar-refractivity contribution is 6.41. The van der Waals surface area contributed by atoms with Crippen LogP contribution in [-0.2, 0) is 14.4 Å². The first-order valence-electron chi connectivity index (χ1n) is 16.5. The molecule has 46 heavy (non-hydrogen) atoms. The second-order valence-electron chi connectivity index (χ2n) is 14.7. The van der Waals surface area contributed by atoms with Crippen molar-refractivity contribution in [2.24, 2.45) is 28.1 Å². The van der Waals surface area contributed by atoms with E-state index in [0.717, 1.165) is 22.3 Å². The minimum Gasteiger partial charge on any atom is -0.506 e. The van der Waals surface area contributed by atoms with E-state index in [4.69, 9.17) is 4.74 Å². The smallest absolute Gasteiger partial charge is 0.184 e. The minimum atomic E-state index is -1.60. The Kier molecular flexibility index (Phi) is 11.2. The predicted octanol–water partition coefficient (Wildman–Crippen LogP) is 9.45. The third-order valence-corrected chi connectivity index (χ3v) is 10.4. The summed E-state index contributed by atoms with van der Waals surface area (Å²) in [6.07, 6.45) is 6.61.